The summed E-state index contributed by atoms with van der Waals surface area (Å²) in [6, 6.07) is 0. The van der Waals surface area contributed by atoms with Crippen LogP contribution in [0, 0.1) is 0 Å². The molecule has 0 atom stereocenters. The SMILES string of the molecule is COCCOCCCn1cc(S(N)(=O)=O)nc1C(C)C. The molecule has 0 aromatic carbocycles. The van der Waals surface area contributed by atoms with Gasteiger partial charge < -0.3 is 14.0 Å². The third-order valence-electron chi connectivity index (χ3n) is 2.71. The van der Waals surface area contributed by atoms with E-state index in [0.29, 0.717) is 32.2 Å². The zero-order valence-corrected chi connectivity index (χ0v) is 13.0. The van der Waals surface area contributed by atoms with E-state index < -0.39 is 10.0 Å². The highest BCUT2D eigenvalue weighted by Crippen LogP contribution is 2.17. The fourth-order valence-corrected chi connectivity index (χ4v) is 2.26. The van der Waals surface area contributed by atoms with Gasteiger partial charge in [-0.25, -0.2) is 18.5 Å². The lowest BCUT2D eigenvalue weighted by atomic mass is 10.2. The number of hydrogen-bond acceptors (Lipinski definition) is 5. The number of sulfonamides is 1. The standard InChI is InChI=1S/C12H23N3O4S/c1-10(2)12-14-11(20(13,16)17)9-15(12)5-4-6-19-8-7-18-3/h9-10H,4-8H2,1-3H3,(H2,13,16,17). The molecule has 1 aromatic heterocycles. The first-order chi connectivity index (χ1) is 9.36. The van der Waals surface area contributed by atoms with E-state index in [1.54, 1.807) is 7.11 Å². The van der Waals surface area contributed by atoms with Gasteiger partial charge in [0, 0.05) is 32.4 Å². The van der Waals surface area contributed by atoms with Crippen LogP contribution in [0.1, 0.15) is 32.0 Å². The predicted molar refractivity (Wildman–Crippen MR) is 75.0 cm³/mol. The van der Waals surface area contributed by atoms with E-state index in [4.69, 9.17) is 14.6 Å². The van der Waals surface area contributed by atoms with Gasteiger partial charge in [-0.05, 0) is 6.42 Å². The smallest absolute Gasteiger partial charge is 0.257 e. The minimum Gasteiger partial charge on any atom is -0.382 e. The molecule has 8 heteroatoms. The summed E-state index contributed by atoms with van der Waals surface area (Å²) in [4.78, 5) is 4.10. The lowest BCUT2D eigenvalue weighted by molar-refractivity contribution is 0.0679. The summed E-state index contributed by atoms with van der Waals surface area (Å²) < 4.78 is 34.7. The number of rotatable bonds is 9. The molecule has 0 saturated heterocycles. The van der Waals surface area contributed by atoms with E-state index in [-0.39, 0.29) is 10.9 Å². The Bertz CT molecular complexity index is 511. The van der Waals surface area contributed by atoms with Crippen LogP contribution in [-0.4, -0.2) is 44.9 Å². The van der Waals surface area contributed by atoms with Crippen LogP contribution in [0.2, 0.25) is 0 Å². The zero-order chi connectivity index (χ0) is 15.2. The van der Waals surface area contributed by atoms with Crippen molar-refractivity contribution in [3.8, 4) is 0 Å². The normalized spacial score (nSPS) is 12.2. The van der Waals surface area contributed by atoms with Gasteiger partial charge in [0.25, 0.3) is 10.0 Å². The van der Waals surface area contributed by atoms with E-state index in [0.717, 1.165) is 6.42 Å². The maximum atomic E-state index is 11.3. The van der Waals surface area contributed by atoms with Crippen molar-refractivity contribution < 1.29 is 17.9 Å². The van der Waals surface area contributed by atoms with Crippen LogP contribution >= 0.6 is 0 Å². The average Bonchev–Trinajstić information content (AvgIpc) is 2.77. The second-order valence-electron chi connectivity index (χ2n) is 4.79. The van der Waals surface area contributed by atoms with Gasteiger partial charge in [-0.15, -0.1) is 0 Å². The van der Waals surface area contributed by atoms with E-state index >= 15 is 0 Å². The highest BCUT2D eigenvalue weighted by molar-refractivity contribution is 7.89. The van der Waals surface area contributed by atoms with Crippen LogP contribution in [0.3, 0.4) is 0 Å². The lowest BCUT2D eigenvalue weighted by Gasteiger charge is -2.10. The Kier molecular flexibility index (Phi) is 6.60. The van der Waals surface area contributed by atoms with Crippen molar-refractivity contribution in [1.82, 2.24) is 9.55 Å². The van der Waals surface area contributed by atoms with Gasteiger partial charge in [0.2, 0.25) is 0 Å². The second-order valence-corrected chi connectivity index (χ2v) is 6.30. The maximum Gasteiger partial charge on any atom is 0.257 e. The van der Waals surface area contributed by atoms with Gasteiger partial charge >= 0.3 is 0 Å². The van der Waals surface area contributed by atoms with Crippen molar-refractivity contribution in [2.24, 2.45) is 5.14 Å². The topological polar surface area (TPSA) is 96.4 Å². The molecule has 0 unspecified atom stereocenters. The van der Waals surface area contributed by atoms with Crippen molar-refractivity contribution in [2.45, 2.75) is 37.8 Å². The fraction of sp³-hybridized carbons (Fsp3) is 0.750. The lowest BCUT2D eigenvalue weighted by Crippen LogP contribution is -2.12. The highest BCUT2D eigenvalue weighted by Gasteiger charge is 2.17. The largest absolute Gasteiger partial charge is 0.382 e. The number of nitrogens with zero attached hydrogens (tertiary/aromatic N) is 2. The Morgan fingerprint density at radius 1 is 1.35 bits per heavy atom. The number of ether oxygens (including phenoxy) is 2. The van der Waals surface area contributed by atoms with Crippen LogP contribution in [0.15, 0.2) is 11.2 Å². The van der Waals surface area contributed by atoms with Crippen LogP contribution < -0.4 is 5.14 Å². The fourth-order valence-electron chi connectivity index (χ4n) is 1.76. The number of nitrogens with two attached hydrogens (primary N) is 1. The molecule has 0 radical (unpaired) electrons. The second kappa shape index (κ2) is 7.72. The van der Waals surface area contributed by atoms with E-state index in [1.165, 1.54) is 6.20 Å². The Morgan fingerprint density at radius 3 is 2.60 bits per heavy atom. The molecule has 0 fully saturated rings. The summed E-state index contributed by atoms with van der Waals surface area (Å²) in [5, 5.41) is 5.02. The molecule has 1 heterocycles. The van der Waals surface area contributed by atoms with Crippen molar-refractivity contribution in [2.75, 3.05) is 26.9 Å². The predicted octanol–water partition coefficient (Wildman–Crippen LogP) is 0.707. The Morgan fingerprint density at radius 2 is 2.05 bits per heavy atom. The Hall–Kier alpha value is -0.960. The molecule has 7 nitrogen and oxygen atoms in total. The van der Waals surface area contributed by atoms with Gasteiger partial charge in [-0.2, -0.15) is 0 Å². The van der Waals surface area contributed by atoms with Gasteiger partial charge in [0.15, 0.2) is 5.03 Å². The maximum absolute atomic E-state index is 11.3. The van der Waals surface area contributed by atoms with Gasteiger partial charge in [-0.1, -0.05) is 13.8 Å². The zero-order valence-electron chi connectivity index (χ0n) is 12.2. The molecule has 0 aliphatic carbocycles. The summed E-state index contributed by atoms with van der Waals surface area (Å²) in [6.07, 6.45) is 2.25. The van der Waals surface area contributed by atoms with Crippen molar-refractivity contribution >= 4 is 10.0 Å². The van der Waals surface area contributed by atoms with Crippen molar-refractivity contribution in [1.29, 1.82) is 0 Å². The molecule has 0 bridgehead atoms. The number of methoxy groups -OCH3 is 1. The molecular weight excluding hydrogens is 282 g/mol. The molecule has 0 spiro atoms. The summed E-state index contributed by atoms with van der Waals surface area (Å²) in [7, 11) is -2.14. The van der Waals surface area contributed by atoms with Crippen molar-refractivity contribution in [3.05, 3.63) is 12.0 Å². The number of aromatic nitrogens is 2. The Labute approximate surface area is 120 Å². The van der Waals surface area contributed by atoms with Crippen LogP contribution in [0.4, 0.5) is 0 Å². The number of aryl methyl sites for hydroxylation is 1. The van der Waals surface area contributed by atoms with Crippen LogP contribution in [0.5, 0.6) is 0 Å². The minimum atomic E-state index is -3.76. The van der Waals surface area contributed by atoms with Gasteiger partial charge in [0.05, 0.1) is 13.2 Å². The molecule has 116 valence electrons. The summed E-state index contributed by atoms with van der Waals surface area (Å²) in [6.45, 7) is 6.27. The molecule has 0 aliphatic rings. The molecule has 0 amide bonds. The summed E-state index contributed by atoms with van der Waals surface area (Å²) in [5.74, 6) is 0.839. The quantitative estimate of drug-likeness (QED) is 0.678. The first-order valence-electron chi connectivity index (χ1n) is 6.52. The summed E-state index contributed by atoms with van der Waals surface area (Å²) in [5.41, 5.74) is 0. The molecule has 1 aromatic rings. The van der Waals surface area contributed by atoms with E-state index in [1.807, 2.05) is 18.4 Å². The molecule has 0 aliphatic heterocycles. The first kappa shape index (κ1) is 17.1. The van der Waals surface area contributed by atoms with Gasteiger partial charge in [0.1, 0.15) is 5.82 Å². The van der Waals surface area contributed by atoms with Crippen LogP contribution in [0.25, 0.3) is 0 Å². The highest BCUT2D eigenvalue weighted by atomic mass is 32.2. The third kappa shape index (κ3) is 5.20. The Balaban J connectivity index is 2.62. The monoisotopic (exact) mass is 305 g/mol. The molecule has 20 heavy (non-hydrogen) atoms. The van der Waals surface area contributed by atoms with Crippen molar-refractivity contribution in [3.63, 3.8) is 0 Å². The third-order valence-corrected chi connectivity index (χ3v) is 3.49. The number of primary sulfonamides is 1. The molecule has 2 N–H and O–H groups in total. The minimum absolute atomic E-state index is 0.0819. The van der Waals surface area contributed by atoms with E-state index in [9.17, 15) is 8.42 Å². The summed E-state index contributed by atoms with van der Waals surface area (Å²) >= 11 is 0. The van der Waals surface area contributed by atoms with E-state index in [2.05, 4.69) is 4.98 Å². The average molecular weight is 305 g/mol. The number of hydrogen-bond donors (Lipinski definition) is 1. The molecule has 0 saturated carbocycles. The number of imidazole rings is 1. The first-order valence-corrected chi connectivity index (χ1v) is 8.07. The molecular formula is C12H23N3O4S. The molecule has 1 rings (SSSR count). The van der Waals surface area contributed by atoms with Gasteiger partial charge in [-0.3, -0.25) is 0 Å². The van der Waals surface area contributed by atoms with Crippen LogP contribution in [-0.2, 0) is 26.0 Å².